The molecule has 5 atom stereocenters. The highest BCUT2D eigenvalue weighted by atomic mass is 31.1. The van der Waals surface area contributed by atoms with Crippen LogP contribution < -0.4 is 5.30 Å². The van der Waals surface area contributed by atoms with Crippen LogP contribution in [-0.2, 0) is 20.4 Å². The van der Waals surface area contributed by atoms with Crippen LogP contribution in [0.5, 0.6) is 0 Å². The first-order valence-corrected chi connectivity index (χ1v) is 14.1. The van der Waals surface area contributed by atoms with Crippen molar-refractivity contribution < 1.29 is 14.2 Å². The molecule has 0 aliphatic carbocycles. The number of hydrogen-bond acceptors (Lipinski definition) is 3. The van der Waals surface area contributed by atoms with Crippen LogP contribution in [0.2, 0.25) is 0 Å². The maximum Gasteiger partial charge on any atom is 0.194 e. The molecule has 3 unspecified atom stereocenters. The Morgan fingerprint density at radius 3 is 1.80 bits per heavy atom. The van der Waals surface area contributed by atoms with E-state index in [1.807, 2.05) is 0 Å². The van der Waals surface area contributed by atoms with Gasteiger partial charge in [0.25, 0.3) is 0 Å². The van der Waals surface area contributed by atoms with Crippen LogP contribution in [0.15, 0.2) is 24.3 Å². The van der Waals surface area contributed by atoms with Crippen molar-refractivity contribution in [2.75, 3.05) is 0 Å². The lowest BCUT2D eigenvalue weighted by Gasteiger charge is -2.69. The van der Waals surface area contributed by atoms with E-state index in [-0.39, 0.29) is 13.1 Å². The van der Waals surface area contributed by atoms with Gasteiger partial charge in [-0.2, -0.15) is 0 Å². The molecule has 30 heavy (non-hydrogen) atoms. The second-order valence-corrected chi connectivity index (χ2v) is 19.1. The zero-order chi connectivity index (χ0) is 22.4. The van der Waals surface area contributed by atoms with Crippen LogP contribution >= 0.6 is 15.8 Å². The van der Waals surface area contributed by atoms with E-state index in [0.717, 1.165) is 19.0 Å². The first-order chi connectivity index (χ1) is 13.5. The fourth-order valence-corrected chi connectivity index (χ4v) is 14.5. The third-order valence-electron chi connectivity index (χ3n) is 6.77. The molecule has 1 aromatic carbocycles. The molecule has 4 aliphatic rings. The minimum Gasteiger partial charge on any atom is -0.319 e. The lowest BCUT2D eigenvalue weighted by molar-refractivity contribution is -0.500. The Morgan fingerprint density at radius 1 is 0.833 bits per heavy atom. The molecule has 0 radical (unpaired) electrons. The van der Waals surface area contributed by atoms with Gasteiger partial charge in [-0.15, -0.1) is 0 Å². The molecule has 4 bridgehead atoms. The highest BCUT2D eigenvalue weighted by molar-refractivity contribution is 7.68. The van der Waals surface area contributed by atoms with Crippen LogP contribution in [0.1, 0.15) is 87.6 Å². The van der Waals surface area contributed by atoms with E-state index in [9.17, 15) is 0 Å². The summed E-state index contributed by atoms with van der Waals surface area (Å²) in [5.41, 5.74) is 0.892. The van der Waals surface area contributed by atoms with Gasteiger partial charge in [-0.25, -0.2) is 0 Å². The molecule has 0 N–H and O–H groups in total. The molecule has 4 aliphatic heterocycles. The number of benzene rings is 1. The molecule has 0 amide bonds. The summed E-state index contributed by atoms with van der Waals surface area (Å²) >= 11 is 0. The van der Waals surface area contributed by atoms with Crippen molar-refractivity contribution in [3.63, 3.8) is 0 Å². The van der Waals surface area contributed by atoms with Gasteiger partial charge in [0.2, 0.25) is 0 Å². The molecule has 0 saturated carbocycles. The molecular formula is C25H40O3P2. The standard InChI is InChI=1S/C25H40O3P2/c1-20(2,3)29(21(4,5)6)15-18-13-11-12-14-19(18)30-22(7)16-23(8)26-24(9,17-22)28-25(30,10)27-23/h11-14H,15-17H2,1-10H3/t22?,23-,24+,25?,30?. The minimum absolute atomic E-state index is 0.144. The Labute approximate surface area is 186 Å². The van der Waals surface area contributed by atoms with E-state index >= 15 is 0 Å². The highest BCUT2D eigenvalue weighted by Crippen LogP contribution is 2.76. The summed E-state index contributed by atoms with van der Waals surface area (Å²) in [6.07, 6.45) is 3.01. The van der Waals surface area contributed by atoms with Crippen LogP contribution in [-0.4, -0.2) is 32.6 Å². The van der Waals surface area contributed by atoms with Gasteiger partial charge < -0.3 is 14.2 Å². The number of hydrogen-bond donors (Lipinski definition) is 0. The van der Waals surface area contributed by atoms with E-state index in [0.29, 0.717) is 10.3 Å². The average molecular weight is 451 g/mol. The van der Waals surface area contributed by atoms with Crippen molar-refractivity contribution in [2.24, 2.45) is 0 Å². The maximum atomic E-state index is 6.58. The third kappa shape index (κ3) is 3.82. The second kappa shape index (κ2) is 6.74. The van der Waals surface area contributed by atoms with E-state index < -0.39 is 25.0 Å². The largest absolute Gasteiger partial charge is 0.319 e. The lowest BCUT2D eigenvalue weighted by atomic mass is 9.88. The third-order valence-corrected chi connectivity index (χ3v) is 14.0. The SMILES string of the molecule is CC(C)(C)P(Cc1ccccc1P1C2(C)C[C@@]3(C)OC1(C)O[C@@](C)(C2)O3)C(C)(C)C. The predicted molar refractivity (Wildman–Crippen MR) is 129 cm³/mol. The van der Waals surface area contributed by atoms with Gasteiger partial charge in [-0.05, 0) is 56.0 Å². The van der Waals surface area contributed by atoms with Gasteiger partial charge in [-0.1, -0.05) is 80.7 Å². The average Bonchev–Trinajstić information content (AvgIpc) is 2.46. The highest BCUT2D eigenvalue weighted by Gasteiger charge is 2.71. The van der Waals surface area contributed by atoms with Crippen molar-refractivity contribution in [3.8, 4) is 0 Å². The summed E-state index contributed by atoms with van der Waals surface area (Å²) in [6, 6.07) is 9.14. The van der Waals surface area contributed by atoms with Gasteiger partial charge in [0.1, 0.15) is 0 Å². The van der Waals surface area contributed by atoms with Crippen LogP contribution in [0.25, 0.3) is 0 Å². The molecule has 4 saturated heterocycles. The van der Waals surface area contributed by atoms with Crippen LogP contribution in [0, 0.1) is 0 Å². The Morgan fingerprint density at radius 2 is 1.33 bits per heavy atom. The Hall–Kier alpha value is -0.0400. The summed E-state index contributed by atoms with van der Waals surface area (Å²) in [4.78, 5) is 0. The molecule has 5 rings (SSSR count). The van der Waals surface area contributed by atoms with E-state index in [2.05, 4.69) is 93.5 Å². The van der Waals surface area contributed by atoms with Crippen molar-refractivity contribution in [1.82, 2.24) is 0 Å². The minimum atomic E-state index is -0.666. The van der Waals surface area contributed by atoms with Gasteiger partial charge in [0.05, 0.1) is 0 Å². The number of ether oxygens (including phenoxy) is 3. The zero-order valence-corrected chi connectivity index (χ0v) is 22.3. The molecule has 0 aromatic heterocycles. The van der Waals surface area contributed by atoms with Gasteiger partial charge in [0.15, 0.2) is 17.1 Å². The summed E-state index contributed by atoms with van der Waals surface area (Å²) in [7, 11) is -0.886. The Balaban J connectivity index is 1.78. The summed E-state index contributed by atoms with van der Waals surface area (Å²) in [6.45, 7) is 23.3. The topological polar surface area (TPSA) is 27.7 Å². The summed E-state index contributed by atoms with van der Waals surface area (Å²) < 4.78 is 19.4. The molecule has 3 nitrogen and oxygen atoms in total. The van der Waals surface area contributed by atoms with Crippen molar-refractivity contribution in [2.45, 2.75) is 121 Å². The fraction of sp³-hybridized carbons (Fsp3) is 0.760. The summed E-state index contributed by atoms with van der Waals surface area (Å²) in [5, 5.41) is 2.22. The monoisotopic (exact) mass is 450 g/mol. The fourth-order valence-electron chi connectivity index (χ4n) is 6.67. The van der Waals surface area contributed by atoms with Gasteiger partial charge in [-0.3, -0.25) is 0 Å². The molecule has 4 fully saturated rings. The Kier molecular flexibility index (Phi) is 5.20. The molecule has 168 valence electrons. The predicted octanol–water partition coefficient (Wildman–Crippen LogP) is 7.11. The van der Waals surface area contributed by atoms with Gasteiger partial charge in [0, 0.05) is 18.0 Å². The normalized spacial score (nSPS) is 41.0. The number of rotatable bonds is 3. The van der Waals surface area contributed by atoms with E-state index in [1.165, 1.54) is 10.9 Å². The van der Waals surface area contributed by atoms with Crippen molar-refractivity contribution in [1.29, 1.82) is 0 Å². The van der Waals surface area contributed by atoms with E-state index in [1.54, 1.807) is 0 Å². The quantitative estimate of drug-likeness (QED) is 0.459. The first-order valence-electron chi connectivity index (χ1n) is 11.3. The first kappa shape index (κ1) is 23.1. The van der Waals surface area contributed by atoms with Crippen molar-refractivity contribution in [3.05, 3.63) is 29.8 Å². The van der Waals surface area contributed by atoms with Gasteiger partial charge >= 0.3 is 0 Å². The maximum absolute atomic E-state index is 6.58. The Bertz CT molecular complexity index is 780. The second-order valence-electron chi connectivity index (χ2n) is 12.2. The molecule has 0 spiro atoms. The lowest BCUT2D eigenvalue weighted by Crippen LogP contribution is -2.72. The summed E-state index contributed by atoms with van der Waals surface area (Å²) in [5.74, 6) is -1.10. The molecule has 5 heteroatoms. The van der Waals surface area contributed by atoms with E-state index in [4.69, 9.17) is 14.2 Å². The zero-order valence-electron chi connectivity index (χ0n) is 20.5. The van der Waals surface area contributed by atoms with Crippen LogP contribution in [0.3, 0.4) is 0 Å². The molecule has 4 heterocycles. The van der Waals surface area contributed by atoms with Crippen LogP contribution in [0.4, 0.5) is 0 Å². The van der Waals surface area contributed by atoms with Crippen molar-refractivity contribution >= 4 is 21.1 Å². The smallest absolute Gasteiger partial charge is 0.194 e. The molecular weight excluding hydrogens is 410 g/mol. The molecule has 1 aromatic rings.